The van der Waals surface area contributed by atoms with Crippen LogP contribution in [0.1, 0.15) is 52.9 Å². The number of amides is 2. The fourth-order valence-electron chi connectivity index (χ4n) is 3.29. The average Bonchev–Trinajstić information content (AvgIpc) is 3.11. The molecule has 0 radical (unpaired) electrons. The number of nitrogens with zero attached hydrogens (tertiary/aromatic N) is 1. The molecule has 0 aliphatic heterocycles. The van der Waals surface area contributed by atoms with Gasteiger partial charge in [-0.2, -0.15) is 0 Å². The van der Waals surface area contributed by atoms with Crippen molar-refractivity contribution in [2.24, 2.45) is 11.1 Å². The number of hydrogen-bond acceptors (Lipinski definition) is 4. The molecular formula is C16H29N3O3. The second kappa shape index (κ2) is 6.07. The maximum absolute atomic E-state index is 12.0. The van der Waals surface area contributed by atoms with Crippen molar-refractivity contribution in [1.29, 1.82) is 0 Å². The summed E-state index contributed by atoms with van der Waals surface area (Å²) >= 11 is 0. The molecule has 2 rings (SSSR count). The molecule has 126 valence electrons. The van der Waals surface area contributed by atoms with Crippen LogP contribution in [0.3, 0.4) is 0 Å². The first-order valence-electron chi connectivity index (χ1n) is 8.11. The fourth-order valence-corrected chi connectivity index (χ4v) is 3.29. The Hall–Kier alpha value is -1.30. The van der Waals surface area contributed by atoms with Crippen molar-refractivity contribution >= 4 is 12.0 Å². The van der Waals surface area contributed by atoms with Crippen LogP contribution >= 0.6 is 0 Å². The zero-order valence-corrected chi connectivity index (χ0v) is 14.1. The normalized spacial score (nSPS) is 28.7. The lowest BCUT2D eigenvalue weighted by molar-refractivity contribution is -0.128. The molecule has 2 aliphatic carbocycles. The Morgan fingerprint density at radius 1 is 1.32 bits per heavy atom. The maximum Gasteiger partial charge on any atom is 0.407 e. The highest BCUT2D eigenvalue weighted by Crippen LogP contribution is 2.40. The number of alkyl carbamates (subject to hydrolysis) is 1. The largest absolute Gasteiger partial charge is 0.444 e. The molecule has 1 unspecified atom stereocenters. The molecule has 3 N–H and O–H groups in total. The van der Waals surface area contributed by atoms with Gasteiger partial charge in [0.05, 0.1) is 5.41 Å². The van der Waals surface area contributed by atoms with Crippen molar-refractivity contribution in [2.45, 2.75) is 70.6 Å². The molecule has 0 aromatic carbocycles. The third-order valence-electron chi connectivity index (χ3n) is 4.57. The van der Waals surface area contributed by atoms with Crippen molar-refractivity contribution < 1.29 is 14.3 Å². The van der Waals surface area contributed by atoms with Gasteiger partial charge in [-0.25, -0.2) is 4.79 Å². The Bertz CT molecular complexity index is 442. The quantitative estimate of drug-likeness (QED) is 0.808. The lowest BCUT2D eigenvalue weighted by Crippen LogP contribution is -2.46. The van der Waals surface area contributed by atoms with Crippen LogP contribution in [0, 0.1) is 5.41 Å². The zero-order chi connectivity index (χ0) is 16.5. The van der Waals surface area contributed by atoms with E-state index >= 15 is 0 Å². The summed E-state index contributed by atoms with van der Waals surface area (Å²) in [5.74, 6) is -0.256. The van der Waals surface area contributed by atoms with Crippen LogP contribution in [0.4, 0.5) is 4.79 Å². The van der Waals surface area contributed by atoms with Gasteiger partial charge in [-0.15, -0.1) is 0 Å². The molecule has 0 saturated heterocycles. The van der Waals surface area contributed by atoms with E-state index in [0.717, 1.165) is 12.8 Å². The van der Waals surface area contributed by atoms with Crippen LogP contribution in [0.5, 0.6) is 0 Å². The second-order valence-corrected chi connectivity index (χ2v) is 7.88. The van der Waals surface area contributed by atoms with Crippen LogP contribution in [-0.4, -0.2) is 48.2 Å². The van der Waals surface area contributed by atoms with Crippen LogP contribution in [-0.2, 0) is 9.53 Å². The number of nitrogens with two attached hydrogens (primary N) is 1. The molecule has 6 nitrogen and oxygen atoms in total. The van der Waals surface area contributed by atoms with E-state index in [1.807, 2.05) is 20.8 Å². The standard InChI is InChI=1S/C16H29N3O3/c1-15(2,3)22-14(21)18-11-7-8-16(9-11,13(17)20)10-19(4)12-5-6-12/h11-12H,5-10H2,1-4H3,(H2,17,20)(H,18,21)/t11?,16-/m0/s1. The summed E-state index contributed by atoms with van der Waals surface area (Å²) in [6, 6.07) is 0.545. The smallest absolute Gasteiger partial charge is 0.407 e. The highest BCUT2D eigenvalue weighted by Gasteiger charge is 2.46. The minimum Gasteiger partial charge on any atom is -0.444 e. The molecule has 0 spiro atoms. The van der Waals surface area contributed by atoms with Gasteiger partial charge in [0.25, 0.3) is 0 Å². The van der Waals surface area contributed by atoms with E-state index in [4.69, 9.17) is 10.5 Å². The van der Waals surface area contributed by atoms with Gasteiger partial charge in [0.15, 0.2) is 0 Å². The minimum atomic E-state index is -0.531. The molecule has 2 atom stereocenters. The molecule has 2 aliphatic rings. The Balaban J connectivity index is 1.92. The first-order valence-corrected chi connectivity index (χ1v) is 8.11. The number of ether oxygens (including phenoxy) is 1. The van der Waals surface area contributed by atoms with Crippen molar-refractivity contribution in [1.82, 2.24) is 10.2 Å². The molecule has 0 bridgehead atoms. The summed E-state index contributed by atoms with van der Waals surface area (Å²) in [5, 5.41) is 2.88. The summed E-state index contributed by atoms with van der Waals surface area (Å²) in [7, 11) is 2.05. The molecule has 2 fully saturated rings. The van der Waals surface area contributed by atoms with E-state index < -0.39 is 17.1 Å². The number of carbonyl (C=O) groups excluding carboxylic acids is 2. The molecule has 6 heteroatoms. The van der Waals surface area contributed by atoms with E-state index in [1.165, 1.54) is 12.8 Å². The van der Waals surface area contributed by atoms with E-state index in [1.54, 1.807) is 0 Å². The number of hydrogen-bond donors (Lipinski definition) is 2. The van der Waals surface area contributed by atoms with Crippen molar-refractivity contribution in [3.8, 4) is 0 Å². The lowest BCUT2D eigenvalue weighted by Gasteiger charge is -2.31. The topological polar surface area (TPSA) is 84.7 Å². The van der Waals surface area contributed by atoms with E-state index in [-0.39, 0.29) is 11.9 Å². The monoisotopic (exact) mass is 311 g/mol. The summed E-state index contributed by atoms with van der Waals surface area (Å²) in [6.07, 6.45) is 4.06. The number of nitrogens with one attached hydrogen (secondary N) is 1. The van der Waals surface area contributed by atoms with Crippen LogP contribution in [0.2, 0.25) is 0 Å². The summed E-state index contributed by atoms with van der Waals surface area (Å²) in [6.45, 7) is 6.18. The third-order valence-corrected chi connectivity index (χ3v) is 4.57. The first-order chi connectivity index (χ1) is 10.1. The molecular weight excluding hydrogens is 282 g/mol. The number of carbonyl (C=O) groups is 2. The molecule has 22 heavy (non-hydrogen) atoms. The zero-order valence-electron chi connectivity index (χ0n) is 14.1. The van der Waals surface area contributed by atoms with Gasteiger partial charge in [0, 0.05) is 18.6 Å². The SMILES string of the molecule is CN(C[C@]1(C(N)=O)CCC(NC(=O)OC(C)(C)C)C1)C1CC1. The highest BCUT2D eigenvalue weighted by molar-refractivity contribution is 5.82. The van der Waals surface area contributed by atoms with Crippen molar-refractivity contribution in [3.63, 3.8) is 0 Å². The van der Waals surface area contributed by atoms with Gasteiger partial charge >= 0.3 is 6.09 Å². The van der Waals surface area contributed by atoms with Crippen molar-refractivity contribution in [3.05, 3.63) is 0 Å². The van der Waals surface area contributed by atoms with E-state index in [2.05, 4.69) is 17.3 Å². The van der Waals surface area contributed by atoms with Gasteiger partial charge in [0.2, 0.25) is 5.91 Å². The van der Waals surface area contributed by atoms with Gasteiger partial charge < -0.3 is 20.7 Å². The third kappa shape index (κ3) is 4.35. The molecule has 0 heterocycles. The Morgan fingerprint density at radius 2 is 1.95 bits per heavy atom. The van der Waals surface area contributed by atoms with Gasteiger partial charge in [-0.1, -0.05) is 0 Å². The summed E-state index contributed by atoms with van der Waals surface area (Å²) < 4.78 is 5.28. The lowest BCUT2D eigenvalue weighted by atomic mass is 9.84. The van der Waals surface area contributed by atoms with Gasteiger partial charge in [-0.05, 0) is 59.9 Å². The minimum absolute atomic E-state index is 0.0463. The van der Waals surface area contributed by atoms with Crippen LogP contribution in [0.15, 0.2) is 0 Å². The maximum atomic E-state index is 12.0. The molecule has 0 aromatic heterocycles. The van der Waals surface area contributed by atoms with E-state index in [9.17, 15) is 9.59 Å². The first kappa shape index (κ1) is 17.1. The highest BCUT2D eigenvalue weighted by atomic mass is 16.6. The summed E-state index contributed by atoms with van der Waals surface area (Å²) in [5.41, 5.74) is 4.64. The predicted octanol–water partition coefficient (Wildman–Crippen LogP) is 1.63. The Kier molecular flexibility index (Phi) is 4.70. The predicted molar refractivity (Wildman–Crippen MR) is 84.3 cm³/mol. The number of primary amides is 1. The second-order valence-electron chi connectivity index (χ2n) is 7.88. The average molecular weight is 311 g/mol. The molecule has 0 aromatic rings. The Morgan fingerprint density at radius 3 is 2.45 bits per heavy atom. The van der Waals surface area contributed by atoms with Gasteiger partial charge in [0.1, 0.15) is 5.60 Å². The van der Waals surface area contributed by atoms with Gasteiger partial charge in [-0.3, -0.25) is 4.79 Å². The number of rotatable bonds is 5. The Labute approximate surface area is 132 Å². The van der Waals surface area contributed by atoms with E-state index in [0.29, 0.717) is 19.0 Å². The van der Waals surface area contributed by atoms with Crippen molar-refractivity contribution in [2.75, 3.05) is 13.6 Å². The fraction of sp³-hybridized carbons (Fsp3) is 0.875. The molecule has 2 amide bonds. The van der Waals surface area contributed by atoms with Crippen LogP contribution < -0.4 is 11.1 Å². The summed E-state index contributed by atoms with van der Waals surface area (Å²) in [4.78, 5) is 26.1. The molecule has 2 saturated carbocycles. The van der Waals surface area contributed by atoms with Crippen LogP contribution in [0.25, 0.3) is 0 Å².